The van der Waals surface area contributed by atoms with Crippen LogP contribution in [0.2, 0.25) is 0 Å². The molecule has 0 spiro atoms. The number of hydrogen-bond donors (Lipinski definition) is 1. The Labute approximate surface area is 122 Å². The van der Waals surface area contributed by atoms with Crippen LogP contribution in [0.15, 0.2) is 0 Å². The van der Waals surface area contributed by atoms with Crippen molar-refractivity contribution in [1.82, 2.24) is 9.97 Å². The van der Waals surface area contributed by atoms with Crippen LogP contribution in [0.25, 0.3) is 0 Å². The van der Waals surface area contributed by atoms with Gasteiger partial charge in [-0.25, -0.2) is 4.98 Å². The van der Waals surface area contributed by atoms with Crippen molar-refractivity contribution in [3.05, 3.63) is 17.2 Å². The summed E-state index contributed by atoms with van der Waals surface area (Å²) in [5.41, 5.74) is 1.47. The molecule has 118 valence electrons. The number of imidazole rings is 1. The van der Waals surface area contributed by atoms with E-state index in [2.05, 4.69) is 16.9 Å². The van der Waals surface area contributed by atoms with E-state index in [0.29, 0.717) is 18.0 Å². The summed E-state index contributed by atoms with van der Waals surface area (Å²) in [5.74, 6) is 0.0000240. The van der Waals surface area contributed by atoms with E-state index in [9.17, 15) is 13.2 Å². The van der Waals surface area contributed by atoms with Gasteiger partial charge in [0.1, 0.15) is 5.82 Å². The average Bonchev–Trinajstić information content (AvgIpc) is 2.89. The highest BCUT2D eigenvalue weighted by Gasteiger charge is 2.44. The van der Waals surface area contributed by atoms with E-state index in [1.807, 2.05) is 13.8 Å². The Morgan fingerprint density at radius 1 is 1.19 bits per heavy atom. The van der Waals surface area contributed by atoms with E-state index in [-0.39, 0.29) is 31.0 Å². The fraction of sp³-hybridized carbons (Fsp3) is 0.800. The summed E-state index contributed by atoms with van der Waals surface area (Å²) < 4.78 is 44.4. The van der Waals surface area contributed by atoms with Crippen LogP contribution in [0.5, 0.6) is 0 Å². The Hall–Kier alpha value is -1.04. The van der Waals surface area contributed by atoms with E-state index in [0.717, 1.165) is 11.5 Å². The molecule has 3 nitrogen and oxygen atoms in total. The Balaban J connectivity index is 1.84. The molecule has 1 aromatic heterocycles. The average molecular weight is 302 g/mol. The molecular formula is C15H21F3N2O. The van der Waals surface area contributed by atoms with Crippen LogP contribution in [0.1, 0.15) is 50.3 Å². The number of rotatable bonds is 1. The predicted octanol–water partition coefficient (Wildman–Crippen LogP) is 3.60. The second-order valence-electron chi connectivity index (χ2n) is 6.46. The second kappa shape index (κ2) is 5.00. The van der Waals surface area contributed by atoms with E-state index < -0.39 is 12.1 Å². The molecule has 0 saturated carbocycles. The molecule has 0 aromatic carbocycles. The Bertz CT molecular complexity index is 525. The molecule has 6 heteroatoms. The third-order valence-corrected chi connectivity index (χ3v) is 5.08. The minimum atomic E-state index is -4.12. The summed E-state index contributed by atoms with van der Waals surface area (Å²) in [6.07, 6.45) is -3.35. The molecule has 2 heterocycles. The zero-order valence-corrected chi connectivity index (χ0v) is 12.5. The highest BCUT2D eigenvalue weighted by molar-refractivity contribution is 5.22. The van der Waals surface area contributed by atoms with Crippen molar-refractivity contribution in [2.75, 3.05) is 0 Å². The van der Waals surface area contributed by atoms with Crippen LogP contribution in [0.3, 0.4) is 0 Å². The SMILES string of the molecule is CC1OC(C)C(c2nc3c([nH]2)CC(C(F)(F)F)CC3)C1C. The highest BCUT2D eigenvalue weighted by atomic mass is 19.4. The van der Waals surface area contributed by atoms with Gasteiger partial charge in [0, 0.05) is 18.0 Å². The van der Waals surface area contributed by atoms with Crippen LogP contribution in [-0.4, -0.2) is 28.4 Å². The first-order valence-corrected chi connectivity index (χ1v) is 7.57. The van der Waals surface area contributed by atoms with Crippen molar-refractivity contribution < 1.29 is 17.9 Å². The molecule has 21 heavy (non-hydrogen) atoms. The number of ether oxygens (including phenoxy) is 1. The Morgan fingerprint density at radius 3 is 2.48 bits per heavy atom. The molecule has 3 rings (SSSR count). The van der Waals surface area contributed by atoms with Crippen molar-refractivity contribution >= 4 is 0 Å². The topological polar surface area (TPSA) is 37.9 Å². The fourth-order valence-electron chi connectivity index (χ4n) is 3.68. The number of aromatic nitrogens is 2. The standard InChI is InChI=1S/C15H21F3N2O/c1-7-8(2)21-9(3)13(7)14-19-11-5-4-10(15(16,17)18)6-12(11)20-14/h7-10,13H,4-6H2,1-3H3,(H,19,20). The number of nitrogens with zero attached hydrogens (tertiary/aromatic N) is 1. The van der Waals surface area contributed by atoms with Gasteiger partial charge >= 0.3 is 6.18 Å². The molecule has 5 atom stereocenters. The summed E-state index contributed by atoms with van der Waals surface area (Å²) in [6.45, 7) is 6.15. The lowest BCUT2D eigenvalue weighted by Crippen LogP contribution is -2.28. The molecule has 1 N–H and O–H groups in total. The fourth-order valence-corrected chi connectivity index (χ4v) is 3.68. The number of halogens is 3. The van der Waals surface area contributed by atoms with Gasteiger partial charge in [0.2, 0.25) is 0 Å². The van der Waals surface area contributed by atoms with Crippen LogP contribution < -0.4 is 0 Å². The zero-order chi connectivity index (χ0) is 15.4. The molecule has 0 radical (unpaired) electrons. The van der Waals surface area contributed by atoms with Crippen molar-refractivity contribution in [2.24, 2.45) is 11.8 Å². The normalized spacial score (nSPS) is 36.8. The maximum absolute atomic E-state index is 12.9. The summed E-state index contributed by atoms with van der Waals surface area (Å²) >= 11 is 0. The van der Waals surface area contributed by atoms with E-state index in [1.165, 1.54) is 0 Å². The van der Waals surface area contributed by atoms with Gasteiger partial charge in [0.05, 0.1) is 23.8 Å². The van der Waals surface area contributed by atoms with E-state index in [1.54, 1.807) is 0 Å². The van der Waals surface area contributed by atoms with E-state index >= 15 is 0 Å². The van der Waals surface area contributed by atoms with Crippen molar-refractivity contribution in [3.8, 4) is 0 Å². The summed E-state index contributed by atoms with van der Waals surface area (Å²) in [7, 11) is 0. The lowest BCUT2D eigenvalue weighted by atomic mass is 9.89. The van der Waals surface area contributed by atoms with Gasteiger partial charge < -0.3 is 9.72 Å². The van der Waals surface area contributed by atoms with Gasteiger partial charge in [-0.1, -0.05) is 6.92 Å². The first-order chi connectivity index (χ1) is 9.77. The van der Waals surface area contributed by atoms with Gasteiger partial charge in [-0.3, -0.25) is 0 Å². The highest BCUT2D eigenvalue weighted by Crippen LogP contribution is 2.41. The number of hydrogen-bond acceptors (Lipinski definition) is 2. The van der Waals surface area contributed by atoms with Crippen LogP contribution in [0.4, 0.5) is 13.2 Å². The quantitative estimate of drug-likeness (QED) is 0.860. The smallest absolute Gasteiger partial charge is 0.374 e. The Morgan fingerprint density at radius 2 is 1.90 bits per heavy atom. The van der Waals surface area contributed by atoms with Gasteiger partial charge in [0.25, 0.3) is 0 Å². The van der Waals surface area contributed by atoms with Gasteiger partial charge in [0.15, 0.2) is 0 Å². The zero-order valence-electron chi connectivity index (χ0n) is 12.5. The van der Waals surface area contributed by atoms with Crippen LogP contribution >= 0.6 is 0 Å². The maximum atomic E-state index is 12.9. The summed E-state index contributed by atoms with van der Waals surface area (Å²) in [6, 6.07) is 0. The maximum Gasteiger partial charge on any atom is 0.392 e. The lowest BCUT2D eigenvalue weighted by molar-refractivity contribution is -0.177. The summed E-state index contributed by atoms with van der Waals surface area (Å²) in [5, 5.41) is 0. The lowest BCUT2D eigenvalue weighted by Gasteiger charge is -2.23. The van der Waals surface area contributed by atoms with Crippen molar-refractivity contribution in [1.29, 1.82) is 0 Å². The number of alkyl halides is 3. The number of H-pyrrole nitrogens is 1. The van der Waals surface area contributed by atoms with E-state index in [4.69, 9.17) is 4.74 Å². The molecule has 1 aliphatic carbocycles. The van der Waals surface area contributed by atoms with Gasteiger partial charge in [-0.05, 0) is 32.6 Å². The minimum absolute atomic E-state index is 0.0255. The molecule has 1 saturated heterocycles. The number of aryl methyl sites for hydroxylation is 1. The number of nitrogens with one attached hydrogen (secondary N) is 1. The molecule has 1 aliphatic heterocycles. The third kappa shape index (κ3) is 2.58. The first kappa shape index (κ1) is 14.9. The third-order valence-electron chi connectivity index (χ3n) is 5.08. The Kier molecular flexibility index (Phi) is 3.55. The molecule has 1 fully saturated rings. The molecule has 0 amide bonds. The number of aromatic amines is 1. The molecule has 0 bridgehead atoms. The molecule has 1 aromatic rings. The number of fused-ring (bicyclic) bond motifs is 1. The second-order valence-corrected chi connectivity index (χ2v) is 6.46. The largest absolute Gasteiger partial charge is 0.392 e. The monoisotopic (exact) mass is 302 g/mol. The van der Waals surface area contributed by atoms with Gasteiger partial charge in [-0.15, -0.1) is 0 Å². The summed E-state index contributed by atoms with van der Waals surface area (Å²) in [4.78, 5) is 7.75. The molecule has 2 aliphatic rings. The predicted molar refractivity (Wildman–Crippen MR) is 72.1 cm³/mol. The molecule has 5 unspecified atom stereocenters. The van der Waals surface area contributed by atoms with Crippen LogP contribution in [-0.2, 0) is 17.6 Å². The van der Waals surface area contributed by atoms with Crippen molar-refractivity contribution in [2.45, 2.75) is 64.3 Å². The minimum Gasteiger partial charge on any atom is -0.374 e. The van der Waals surface area contributed by atoms with Crippen molar-refractivity contribution in [3.63, 3.8) is 0 Å². The van der Waals surface area contributed by atoms with Gasteiger partial charge in [-0.2, -0.15) is 13.2 Å². The first-order valence-electron chi connectivity index (χ1n) is 7.57. The van der Waals surface area contributed by atoms with Crippen LogP contribution in [0, 0.1) is 11.8 Å². The molecular weight excluding hydrogens is 281 g/mol.